The average Bonchev–Trinajstić information content (AvgIpc) is 2.10. The fourth-order valence-corrected chi connectivity index (χ4v) is 1.53. The molecule has 0 atom stereocenters. The Morgan fingerprint density at radius 1 is 1.12 bits per heavy atom. The molecule has 0 unspecified atom stereocenters. The van der Waals surface area contributed by atoms with Crippen molar-refractivity contribution in [3.8, 4) is 5.75 Å². The minimum Gasteiger partial charge on any atom is -0.426 e. The van der Waals surface area contributed by atoms with E-state index in [9.17, 15) is 9.59 Å². The lowest BCUT2D eigenvalue weighted by Crippen LogP contribution is -2.08. The van der Waals surface area contributed by atoms with Crippen LogP contribution in [0.4, 0.5) is 5.69 Å². The highest BCUT2D eigenvalue weighted by molar-refractivity contribution is 5.89. The van der Waals surface area contributed by atoms with E-state index in [4.69, 9.17) is 4.74 Å². The number of carbonyl (C=O) groups excluding carboxylic acids is 2. The molecule has 0 aliphatic carbocycles. The summed E-state index contributed by atoms with van der Waals surface area (Å²) in [5.74, 6) is 0.0825. The first kappa shape index (κ1) is 12.2. The summed E-state index contributed by atoms with van der Waals surface area (Å²) in [5, 5.41) is 2.69. The largest absolute Gasteiger partial charge is 0.426 e. The number of aryl methyl sites for hydroxylation is 2. The van der Waals surface area contributed by atoms with Crippen LogP contribution in [-0.2, 0) is 9.59 Å². The summed E-state index contributed by atoms with van der Waals surface area (Å²) >= 11 is 0. The monoisotopic (exact) mass is 221 g/mol. The molecule has 1 N–H and O–H groups in total. The van der Waals surface area contributed by atoms with E-state index in [1.807, 2.05) is 13.8 Å². The quantitative estimate of drug-likeness (QED) is 0.615. The number of nitrogens with one attached hydrogen (secondary N) is 1. The summed E-state index contributed by atoms with van der Waals surface area (Å²) in [7, 11) is 0. The normalized spacial score (nSPS) is 9.75. The number of ether oxygens (including phenoxy) is 1. The molecule has 4 nitrogen and oxygen atoms in total. The van der Waals surface area contributed by atoms with Crippen molar-refractivity contribution < 1.29 is 14.3 Å². The standard InChI is InChI=1S/C12H15NO3/c1-7-5-11(13-9(3)14)6-8(2)12(7)16-10(4)15/h5-6H,1-4H3,(H,13,14). The van der Waals surface area contributed by atoms with Crippen molar-refractivity contribution in [2.45, 2.75) is 27.7 Å². The van der Waals surface area contributed by atoms with Crippen molar-refractivity contribution in [3.05, 3.63) is 23.3 Å². The number of carbonyl (C=O) groups is 2. The van der Waals surface area contributed by atoms with Gasteiger partial charge >= 0.3 is 5.97 Å². The van der Waals surface area contributed by atoms with Crippen LogP contribution >= 0.6 is 0 Å². The third kappa shape index (κ3) is 3.08. The minimum absolute atomic E-state index is 0.126. The third-order valence-electron chi connectivity index (χ3n) is 2.03. The predicted molar refractivity (Wildman–Crippen MR) is 61.5 cm³/mol. The Bertz CT molecular complexity index is 415. The molecule has 1 rings (SSSR count). The number of amides is 1. The second-order valence-corrected chi connectivity index (χ2v) is 3.71. The molecule has 0 aliphatic rings. The van der Waals surface area contributed by atoms with E-state index in [2.05, 4.69) is 5.32 Å². The highest BCUT2D eigenvalue weighted by Crippen LogP contribution is 2.27. The van der Waals surface area contributed by atoms with Gasteiger partial charge < -0.3 is 10.1 Å². The minimum atomic E-state index is -0.349. The van der Waals surface area contributed by atoms with Gasteiger partial charge in [-0.25, -0.2) is 0 Å². The Morgan fingerprint density at radius 3 is 2.00 bits per heavy atom. The highest BCUT2D eigenvalue weighted by atomic mass is 16.5. The smallest absolute Gasteiger partial charge is 0.308 e. The molecule has 0 fully saturated rings. The number of hydrogen-bond donors (Lipinski definition) is 1. The Morgan fingerprint density at radius 2 is 1.62 bits per heavy atom. The van der Waals surface area contributed by atoms with Gasteiger partial charge in [0.15, 0.2) is 0 Å². The van der Waals surface area contributed by atoms with E-state index in [-0.39, 0.29) is 11.9 Å². The van der Waals surface area contributed by atoms with Gasteiger partial charge in [0, 0.05) is 19.5 Å². The number of rotatable bonds is 2. The molecule has 0 saturated heterocycles. The van der Waals surface area contributed by atoms with E-state index in [0.29, 0.717) is 11.4 Å². The number of benzene rings is 1. The van der Waals surface area contributed by atoms with E-state index in [1.54, 1.807) is 12.1 Å². The van der Waals surface area contributed by atoms with E-state index in [1.165, 1.54) is 13.8 Å². The third-order valence-corrected chi connectivity index (χ3v) is 2.03. The molecule has 0 spiro atoms. The van der Waals surface area contributed by atoms with Crippen LogP contribution in [0.15, 0.2) is 12.1 Å². The lowest BCUT2D eigenvalue weighted by molar-refractivity contribution is -0.132. The molecule has 0 saturated carbocycles. The molecule has 0 aliphatic heterocycles. The summed E-state index contributed by atoms with van der Waals surface area (Å²) in [4.78, 5) is 21.8. The van der Waals surface area contributed by atoms with Crippen LogP contribution in [0.3, 0.4) is 0 Å². The Hall–Kier alpha value is -1.84. The van der Waals surface area contributed by atoms with Gasteiger partial charge in [-0.15, -0.1) is 0 Å². The van der Waals surface area contributed by atoms with Crippen LogP contribution in [0, 0.1) is 13.8 Å². The number of hydrogen-bond acceptors (Lipinski definition) is 3. The topological polar surface area (TPSA) is 55.4 Å². The van der Waals surface area contributed by atoms with Gasteiger partial charge in [0.2, 0.25) is 5.91 Å². The zero-order valence-electron chi connectivity index (χ0n) is 9.88. The lowest BCUT2D eigenvalue weighted by Gasteiger charge is -2.11. The summed E-state index contributed by atoms with van der Waals surface area (Å²) < 4.78 is 5.08. The molecule has 4 heteroatoms. The molecule has 1 aromatic carbocycles. The molecule has 16 heavy (non-hydrogen) atoms. The molecule has 86 valence electrons. The van der Waals surface area contributed by atoms with Crippen molar-refractivity contribution in [1.29, 1.82) is 0 Å². The second-order valence-electron chi connectivity index (χ2n) is 3.71. The van der Waals surface area contributed by atoms with E-state index in [0.717, 1.165) is 11.1 Å². The van der Waals surface area contributed by atoms with Crippen LogP contribution in [0.1, 0.15) is 25.0 Å². The summed E-state index contributed by atoms with van der Waals surface area (Å²) in [6.07, 6.45) is 0. The van der Waals surface area contributed by atoms with Crippen molar-refractivity contribution in [1.82, 2.24) is 0 Å². The van der Waals surface area contributed by atoms with Crippen molar-refractivity contribution >= 4 is 17.6 Å². The molecule has 0 radical (unpaired) electrons. The van der Waals surface area contributed by atoms with Gasteiger partial charge in [0.05, 0.1) is 0 Å². The van der Waals surface area contributed by atoms with Crippen LogP contribution in [0.25, 0.3) is 0 Å². The van der Waals surface area contributed by atoms with Crippen molar-refractivity contribution in [2.24, 2.45) is 0 Å². The van der Waals surface area contributed by atoms with Gasteiger partial charge in [0.1, 0.15) is 5.75 Å². The maximum Gasteiger partial charge on any atom is 0.308 e. The fraction of sp³-hybridized carbons (Fsp3) is 0.333. The predicted octanol–water partition coefficient (Wildman–Crippen LogP) is 2.19. The molecule has 0 heterocycles. The molecule has 0 aromatic heterocycles. The molecular formula is C12H15NO3. The molecule has 1 aromatic rings. The number of anilines is 1. The maximum absolute atomic E-state index is 10.9. The highest BCUT2D eigenvalue weighted by Gasteiger charge is 2.09. The lowest BCUT2D eigenvalue weighted by atomic mass is 10.1. The van der Waals surface area contributed by atoms with Crippen LogP contribution in [0.2, 0.25) is 0 Å². The molecule has 1 amide bonds. The van der Waals surface area contributed by atoms with Gasteiger partial charge in [-0.05, 0) is 37.1 Å². The maximum atomic E-state index is 10.9. The summed E-state index contributed by atoms with van der Waals surface area (Å²) in [5.41, 5.74) is 2.34. The first-order chi connectivity index (χ1) is 7.40. The number of esters is 1. The first-order valence-corrected chi connectivity index (χ1v) is 4.97. The van der Waals surface area contributed by atoms with E-state index < -0.39 is 0 Å². The summed E-state index contributed by atoms with van der Waals surface area (Å²) in [6, 6.07) is 3.54. The Balaban J connectivity index is 3.06. The van der Waals surface area contributed by atoms with Gasteiger partial charge in [-0.2, -0.15) is 0 Å². The van der Waals surface area contributed by atoms with Gasteiger partial charge in [0.25, 0.3) is 0 Å². The van der Waals surface area contributed by atoms with Gasteiger partial charge in [-0.1, -0.05) is 0 Å². The first-order valence-electron chi connectivity index (χ1n) is 4.97. The Labute approximate surface area is 94.6 Å². The van der Waals surface area contributed by atoms with Crippen molar-refractivity contribution in [2.75, 3.05) is 5.32 Å². The average molecular weight is 221 g/mol. The molecule has 0 bridgehead atoms. The van der Waals surface area contributed by atoms with Gasteiger partial charge in [-0.3, -0.25) is 9.59 Å². The van der Waals surface area contributed by atoms with Crippen LogP contribution < -0.4 is 10.1 Å². The van der Waals surface area contributed by atoms with Crippen LogP contribution in [-0.4, -0.2) is 11.9 Å². The van der Waals surface area contributed by atoms with E-state index >= 15 is 0 Å². The van der Waals surface area contributed by atoms with Crippen LogP contribution in [0.5, 0.6) is 5.75 Å². The molecular weight excluding hydrogens is 206 g/mol. The fourth-order valence-electron chi connectivity index (χ4n) is 1.53. The zero-order chi connectivity index (χ0) is 12.3. The summed E-state index contributed by atoms with van der Waals surface area (Å²) in [6.45, 7) is 6.47. The SMILES string of the molecule is CC(=O)Nc1cc(C)c(OC(C)=O)c(C)c1. The second kappa shape index (κ2) is 4.79. The zero-order valence-corrected chi connectivity index (χ0v) is 9.88. The van der Waals surface area contributed by atoms with Crippen molar-refractivity contribution in [3.63, 3.8) is 0 Å². The Kier molecular flexibility index (Phi) is 3.66.